The number of hydrogen-bond donors (Lipinski definition) is 1. The number of thiophene rings is 1. The van der Waals surface area contributed by atoms with E-state index in [1.165, 1.54) is 16.2 Å². The summed E-state index contributed by atoms with van der Waals surface area (Å²) in [5, 5.41) is 0. The zero-order valence-electron chi connectivity index (χ0n) is 9.11. The Morgan fingerprint density at radius 3 is 2.35 bits per heavy atom. The van der Waals surface area contributed by atoms with Crippen molar-refractivity contribution in [1.29, 1.82) is 0 Å². The SMILES string of the molecule is CSc1ccc(C(N)c2cc(Cl)sc2Cl)cc1. The Morgan fingerprint density at radius 1 is 1.24 bits per heavy atom. The second kappa shape index (κ2) is 5.63. The van der Waals surface area contributed by atoms with E-state index in [-0.39, 0.29) is 6.04 Å². The fourth-order valence-corrected chi connectivity index (χ4v) is 3.51. The predicted octanol–water partition coefficient (Wildman–Crippen LogP) is 4.82. The molecule has 0 aliphatic rings. The van der Waals surface area contributed by atoms with Crippen molar-refractivity contribution in [3.05, 3.63) is 50.1 Å². The molecule has 1 nitrogen and oxygen atoms in total. The number of nitrogens with two attached hydrogens (primary N) is 1. The van der Waals surface area contributed by atoms with Gasteiger partial charge in [0.15, 0.2) is 0 Å². The summed E-state index contributed by atoms with van der Waals surface area (Å²) in [5.41, 5.74) is 8.11. The summed E-state index contributed by atoms with van der Waals surface area (Å²) < 4.78 is 1.33. The average molecular weight is 304 g/mol. The summed E-state index contributed by atoms with van der Waals surface area (Å²) >= 11 is 15.1. The first-order chi connectivity index (χ1) is 8.11. The van der Waals surface area contributed by atoms with Crippen molar-refractivity contribution in [2.75, 3.05) is 6.26 Å². The molecule has 0 saturated carbocycles. The third kappa shape index (κ3) is 2.98. The molecule has 1 aromatic heterocycles. The molecule has 0 bridgehead atoms. The van der Waals surface area contributed by atoms with Crippen molar-refractivity contribution in [2.45, 2.75) is 10.9 Å². The maximum absolute atomic E-state index is 6.18. The maximum Gasteiger partial charge on any atom is 0.0995 e. The van der Waals surface area contributed by atoms with Gasteiger partial charge in [0.1, 0.15) is 0 Å². The van der Waals surface area contributed by atoms with Crippen LogP contribution in [0, 0.1) is 0 Å². The quantitative estimate of drug-likeness (QED) is 0.822. The van der Waals surface area contributed by atoms with Gasteiger partial charge in [-0.25, -0.2) is 0 Å². The normalized spacial score (nSPS) is 12.7. The summed E-state index contributed by atoms with van der Waals surface area (Å²) in [6.45, 7) is 0. The van der Waals surface area contributed by atoms with Gasteiger partial charge in [-0.15, -0.1) is 23.1 Å². The third-order valence-electron chi connectivity index (χ3n) is 2.49. The largest absolute Gasteiger partial charge is 0.320 e. The molecule has 0 amide bonds. The lowest BCUT2D eigenvalue weighted by atomic mass is 10.0. The lowest BCUT2D eigenvalue weighted by molar-refractivity contribution is 0.875. The van der Waals surface area contributed by atoms with Crippen LogP contribution >= 0.6 is 46.3 Å². The monoisotopic (exact) mass is 303 g/mol. The summed E-state index contributed by atoms with van der Waals surface area (Å²) in [6.07, 6.45) is 2.05. The van der Waals surface area contributed by atoms with E-state index in [1.807, 2.05) is 24.5 Å². The van der Waals surface area contributed by atoms with Crippen LogP contribution < -0.4 is 5.73 Å². The highest BCUT2D eigenvalue weighted by atomic mass is 35.5. The molecule has 90 valence electrons. The predicted molar refractivity (Wildman–Crippen MR) is 78.6 cm³/mol. The molecule has 0 spiro atoms. The van der Waals surface area contributed by atoms with Gasteiger partial charge in [-0.2, -0.15) is 0 Å². The van der Waals surface area contributed by atoms with Gasteiger partial charge in [-0.1, -0.05) is 35.3 Å². The van der Waals surface area contributed by atoms with E-state index in [4.69, 9.17) is 28.9 Å². The average Bonchev–Trinajstić information content (AvgIpc) is 2.68. The highest BCUT2D eigenvalue weighted by Crippen LogP contribution is 2.36. The molecule has 0 fully saturated rings. The Kier molecular flexibility index (Phi) is 4.39. The van der Waals surface area contributed by atoms with Crippen LogP contribution in [0.5, 0.6) is 0 Å². The summed E-state index contributed by atoms with van der Waals surface area (Å²) in [7, 11) is 0. The molecule has 0 aliphatic heterocycles. The molecule has 5 heteroatoms. The Hall–Kier alpha value is -0.190. The minimum atomic E-state index is -0.220. The second-order valence-corrected chi connectivity index (χ2v) is 6.70. The van der Waals surface area contributed by atoms with Crippen LogP contribution in [0.25, 0.3) is 0 Å². The number of thioether (sulfide) groups is 1. The highest BCUT2D eigenvalue weighted by Gasteiger charge is 2.15. The standard InChI is InChI=1S/C12H11Cl2NS2/c1-16-8-4-2-7(3-5-8)11(15)9-6-10(13)17-12(9)14/h2-6,11H,15H2,1H3. The van der Waals surface area contributed by atoms with Gasteiger partial charge in [0.25, 0.3) is 0 Å². The first kappa shape index (κ1) is 13.2. The van der Waals surface area contributed by atoms with Crippen LogP contribution in [0.2, 0.25) is 8.67 Å². The van der Waals surface area contributed by atoms with Crippen molar-refractivity contribution in [3.63, 3.8) is 0 Å². The summed E-state index contributed by atoms with van der Waals surface area (Å²) in [6, 6.07) is 9.78. The van der Waals surface area contributed by atoms with E-state index in [9.17, 15) is 0 Å². The van der Waals surface area contributed by atoms with Crippen LogP contribution in [0.1, 0.15) is 17.2 Å². The van der Waals surface area contributed by atoms with Crippen LogP contribution in [0.15, 0.2) is 35.2 Å². The van der Waals surface area contributed by atoms with E-state index in [2.05, 4.69) is 12.1 Å². The minimum absolute atomic E-state index is 0.220. The Bertz CT molecular complexity index is 508. The van der Waals surface area contributed by atoms with E-state index < -0.39 is 0 Å². The van der Waals surface area contributed by atoms with Gasteiger partial charge in [-0.05, 0) is 30.0 Å². The van der Waals surface area contributed by atoms with E-state index >= 15 is 0 Å². The van der Waals surface area contributed by atoms with Gasteiger partial charge in [0.2, 0.25) is 0 Å². The zero-order chi connectivity index (χ0) is 12.4. The molecule has 2 N–H and O–H groups in total. The number of rotatable bonds is 3. The van der Waals surface area contributed by atoms with Gasteiger partial charge >= 0.3 is 0 Å². The van der Waals surface area contributed by atoms with Crippen molar-refractivity contribution in [1.82, 2.24) is 0 Å². The van der Waals surface area contributed by atoms with Crippen LogP contribution in [-0.4, -0.2) is 6.26 Å². The van der Waals surface area contributed by atoms with Gasteiger partial charge in [-0.3, -0.25) is 0 Å². The van der Waals surface area contributed by atoms with Crippen molar-refractivity contribution in [3.8, 4) is 0 Å². The maximum atomic E-state index is 6.18. The lowest BCUT2D eigenvalue weighted by Gasteiger charge is -2.11. The van der Waals surface area contributed by atoms with Crippen molar-refractivity contribution >= 4 is 46.3 Å². The number of halogens is 2. The fraction of sp³-hybridized carbons (Fsp3) is 0.167. The van der Waals surface area contributed by atoms with E-state index in [0.717, 1.165) is 11.1 Å². The van der Waals surface area contributed by atoms with E-state index in [1.54, 1.807) is 11.8 Å². The van der Waals surface area contributed by atoms with Crippen LogP contribution in [0.4, 0.5) is 0 Å². The van der Waals surface area contributed by atoms with Gasteiger partial charge in [0, 0.05) is 10.5 Å². The molecule has 1 atom stereocenters. The molecule has 17 heavy (non-hydrogen) atoms. The molecule has 0 saturated heterocycles. The first-order valence-electron chi connectivity index (χ1n) is 4.96. The minimum Gasteiger partial charge on any atom is -0.320 e. The molecule has 1 unspecified atom stereocenters. The third-order valence-corrected chi connectivity index (χ3v) is 4.75. The summed E-state index contributed by atoms with van der Waals surface area (Å²) in [5.74, 6) is 0. The zero-order valence-corrected chi connectivity index (χ0v) is 12.3. The molecule has 2 aromatic rings. The molecule has 2 rings (SSSR count). The van der Waals surface area contributed by atoms with Crippen LogP contribution in [0.3, 0.4) is 0 Å². The molecule has 1 heterocycles. The highest BCUT2D eigenvalue weighted by molar-refractivity contribution is 7.98. The molecule has 0 radical (unpaired) electrons. The first-order valence-corrected chi connectivity index (χ1v) is 7.76. The fourth-order valence-electron chi connectivity index (χ4n) is 1.56. The second-order valence-electron chi connectivity index (χ2n) is 3.53. The Balaban J connectivity index is 2.30. The molecule has 1 aromatic carbocycles. The molecular formula is C12H11Cl2NS2. The van der Waals surface area contributed by atoms with Gasteiger partial charge < -0.3 is 5.73 Å². The van der Waals surface area contributed by atoms with Gasteiger partial charge in [0.05, 0.1) is 14.7 Å². The number of benzene rings is 1. The van der Waals surface area contributed by atoms with Crippen LogP contribution in [-0.2, 0) is 0 Å². The summed E-state index contributed by atoms with van der Waals surface area (Å²) in [4.78, 5) is 1.22. The van der Waals surface area contributed by atoms with Crippen molar-refractivity contribution < 1.29 is 0 Å². The van der Waals surface area contributed by atoms with E-state index in [0.29, 0.717) is 8.67 Å². The topological polar surface area (TPSA) is 26.0 Å². The van der Waals surface area contributed by atoms with Crippen molar-refractivity contribution in [2.24, 2.45) is 5.73 Å². The number of hydrogen-bond acceptors (Lipinski definition) is 3. The molecular weight excluding hydrogens is 293 g/mol. The Morgan fingerprint density at radius 2 is 1.88 bits per heavy atom. The smallest absolute Gasteiger partial charge is 0.0995 e. The lowest BCUT2D eigenvalue weighted by Crippen LogP contribution is -2.11. The Labute approximate surface area is 119 Å². The molecule has 0 aliphatic carbocycles.